The van der Waals surface area contributed by atoms with Crippen molar-refractivity contribution in [2.75, 3.05) is 20.3 Å². The molecule has 0 spiro atoms. The van der Waals surface area contributed by atoms with Gasteiger partial charge in [-0.3, -0.25) is 0 Å². The summed E-state index contributed by atoms with van der Waals surface area (Å²) >= 11 is 0. The second-order valence-electron chi connectivity index (χ2n) is 4.05. The number of carboxylic acids is 1. The first-order valence-electron chi connectivity index (χ1n) is 5.95. The number of imidazole rings is 1. The SMILES string of the molecule is COCCn1c(COCC(=O)O)nc2ccccc21. The van der Waals surface area contributed by atoms with Crippen LogP contribution in [0.25, 0.3) is 11.0 Å². The number of aromatic nitrogens is 2. The average Bonchev–Trinajstić information content (AvgIpc) is 2.74. The van der Waals surface area contributed by atoms with E-state index < -0.39 is 5.97 Å². The Labute approximate surface area is 110 Å². The third-order valence-electron chi connectivity index (χ3n) is 2.71. The fourth-order valence-corrected chi connectivity index (χ4v) is 1.90. The first-order valence-corrected chi connectivity index (χ1v) is 5.95. The molecule has 2 aromatic rings. The Morgan fingerprint density at radius 1 is 1.42 bits per heavy atom. The predicted octanol–water partition coefficient (Wildman–Crippen LogP) is 1.28. The van der Waals surface area contributed by atoms with Crippen molar-refractivity contribution < 1.29 is 19.4 Å². The molecule has 0 saturated heterocycles. The lowest BCUT2D eigenvalue weighted by Crippen LogP contribution is -2.12. The highest BCUT2D eigenvalue weighted by Crippen LogP contribution is 2.16. The highest BCUT2D eigenvalue weighted by atomic mass is 16.5. The number of benzene rings is 1. The Morgan fingerprint density at radius 2 is 2.21 bits per heavy atom. The molecule has 0 unspecified atom stereocenters. The fraction of sp³-hybridized carbons (Fsp3) is 0.385. The molecular formula is C13H16N2O4. The van der Waals surface area contributed by atoms with E-state index in [0.717, 1.165) is 11.0 Å². The van der Waals surface area contributed by atoms with E-state index in [9.17, 15) is 4.79 Å². The van der Waals surface area contributed by atoms with Gasteiger partial charge in [0, 0.05) is 13.7 Å². The van der Waals surface area contributed by atoms with Crippen molar-refractivity contribution in [2.24, 2.45) is 0 Å². The summed E-state index contributed by atoms with van der Waals surface area (Å²) in [6, 6.07) is 7.74. The van der Waals surface area contributed by atoms with Crippen LogP contribution in [-0.4, -0.2) is 41.0 Å². The summed E-state index contributed by atoms with van der Waals surface area (Å²) in [4.78, 5) is 14.9. The zero-order valence-corrected chi connectivity index (χ0v) is 10.7. The third kappa shape index (κ3) is 3.30. The second-order valence-corrected chi connectivity index (χ2v) is 4.05. The highest BCUT2D eigenvalue weighted by Gasteiger charge is 2.10. The zero-order valence-electron chi connectivity index (χ0n) is 10.7. The number of carboxylic acid groups (broad SMARTS) is 1. The molecule has 19 heavy (non-hydrogen) atoms. The van der Waals surface area contributed by atoms with Gasteiger partial charge in [0.1, 0.15) is 19.0 Å². The van der Waals surface area contributed by atoms with E-state index in [1.54, 1.807) is 7.11 Å². The Morgan fingerprint density at radius 3 is 2.95 bits per heavy atom. The van der Waals surface area contributed by atoms with Crippen molar-refractivity contribution in [3.05, 3.63) is 30.1 Å². The van der Waals surface area contributed by atoms with Crippen LogP contribution in [0.1, 0.15) is 5.82 Å². The van der Waals surface area contributed by atoms with E-state index in [1.165, 1.54) is 0 Å². The fourth-order valence-electron chi connectivity index (χ4n) is 1.90. The molecule has 1 N–H and O–H groups in total. The van der Waals surface area contributed by atoms with E-state index >= 15 is 0 Å². The largest absolute Gasteiger partial charge is 0.480 e. The molecule has 102 valence electrons. The van der Waals surface area contributed by atoms with E-state index in [0.29, 0.717) is 19.0 Å². The van der Waals surface area contributed by atoms with E-state index in [1.807, 2.05) is 28.8 Å². The van der Waals surface area contributed by atoms with Crippen LogP contribution < -0.4 is 0 Å². The van der Waals surface area contributed by atoms with E-state index in [-0.39, 0.29) is 13.2 Å². The van der Waals surface area contributed by atoms with Crippen molar-refractivity contribution in [2.45, 2.75) is 13.2 Å². The van der Waals surface area contributed by atoms with Crippen LogP contribution in [0.15, 0.2) is 24.3 Å². The van der Waals surface area contributed by atoms with Crippen LogP contribution in [0, 0.1) is 0 Å². The molecule has 0 aliphatic carbocycles. The summed E-state index contributed by atoms with van der Waals surface area (Å²) in [5.41, 5.74) is 1.86. The molecule has 0 aliphatic heterocycles. The Hall–Kier alpha value is -1.92. The van der Waals surface area contributed by atoms with Crippen molar-refractivity contribution in [3.63, 3.8) is 0 Å². The van der Waals surface area contributed by atoms with Gasteiger partial charge in [-0.05, 0) is 12.1 Å². The minimum atomic E-state index is -0.987. The second kappa shape index (κ2) is 6.31. The number of nitrogens with zero attached hydrogens (tertiary/aromatic N) is 2. The lowest BCUT2D eigenvalue weighted by Gasteiger charge is -2.08. The summed E-state index contributed by atoms with van der Waals surface area (Å²) in [6.07, 6.45) is 0. The molecule has 0 radical (unpaired) electrons. The number of hydrogen-bond acceptors (Lipinski definition) is 4. The molecule has 1 aromatic heterocycles. The number of para-hydroxylation sites is 2. The molecule has 0 atom stereocenters. The summed E-state index contributed by atoms with van der Waals surface area (Å²) in [7, 11) is 1.64. The van der Waals surface area contributed by atoms with Crippen LogP contribution >= 0.6 is 0 Å². The number of carbonyl (C=O) groups is 1. The van der Waals surface area contributed by atoms with Crippen LogP contribution in [0.3, 0.4) is 0 Å². The van der Waals surface area contributed by atoms with Gasteiger partial charge in [-0.1, -0.05) is 12.1 Å². The summed E-state index contributed by atoms with van der Waals surface area (Å²) in [6.45, 7) is 1.06. The number of rotatable bonds is 7. The maximum absolute atomic E-state index is 10.4. The molecule has 0 aliphatic rings. The minimum absolute atomic E-state index is 0.171. The van der Waals surface area contributed by atoms with Gasteiger partial charge in [-0.2, -0.15) is 0 Å². The van der Waals surface area contributed by atoms with Gasteiger partial charge in [0.2, 0.25) is 0 Å². The van der Waals surface area contributed by atoms with Crippen LogP contribution in [0.4, 0.5) is 0 Å². The van der Waals surface area contributed by atoms with Crippen molar-refractivity contribution >= 4 is 17.0 Å². The normalized spacial score (nSPS) is 11.0. The van der Waals surface area contributed by atoms with Gasteiger partial charge >= 0.3 is 5.97 Å². The molecule has 1 heterocycles. The molecular weight excluding hydrogens is 248 g/mol. The predicted molar refractivity (Wildman–Crippen MR) is 68.9 cm³/mol. The van der Waals surface area contributed by atoms with Crippen LogP contribution in [-0.2, 0) is 27.4 Å². The van der Waals surface area contributed by atoms with Gasteiger partial charge in [0.15, 0.2) is 0 Å². The minimum Gasteiger partial charge on any atom is -0.480 e. The first kappa shape index (κ1) is 13.5. The van der Waals surface area contributed by atoms with Crippen molar-refractivity contribution in [1.29, 1.82) is 0 Å². The molecule has 1 aromatic carbocycles. The van der Waals surface area contributed by atoms with Gasteiger partial charge in [-0.25, -0.2) is 9.78 Å². The Bertz CT molecular complexity index is 565. The van der Waals surface area contributed by atoms with Crippen molar-refractivity contribution in [1.82, 2.24) is 9.55 Å². The molecule has 0 saturated carbocycles. The van der Waals surface area contributed by atoms with E-state index in [2.05, 4.69) is 4.98 Å². The van der Waals surface area contributed by atoms with Crippen LogP contribution in [0.2, 0.25) is 0 Å². The number of aliphatic carboxylic acids is 1. The Balaban J connectivity index is 2.22. The molecule has 6 nitrogen and oxygen atoms in total. The third-order valence-corrected chi connectivity index (χ3v) is 2.71. The molecule has 0 fully saturated rings. The number of methoxy groups -OCH3 is 1. The quantitative estimate of drug-likeness (QED) is 0.815. The van der Waals surface area contributed by atoms with Gasteiger partial charge < -0.3 is 19.1 Å². The molecule has 2 rings (SSSR count). The lowest BCUT2D eigenvalue weighted by atomic mass is 10.3. The van der Waals surface area contributed by atoms with Crippen molar-refractivity contribution in [3.8, 4) is 0 Å². The molecule has 6 heteroatoms. The maximum Gasteiger partial charge on any atom is 0.329 e. The summed E-state index contributed by atoms with van der Waals surface area (Å²) < 4.78 is 12.2. The van der Waals surface area contributed by atoms with E-state index in [4.69, 9.17) is 14.6 Å². The standard InChI is InChI=1S/C13H16N2O4/c1-18-7-6-15-11-5-3-2-4-10(11)14-12(15)8-19-9-13(16)17/h2-5H,6-9H2,1H3,(H,16,17). The van der Waals surface area contributed by atoms with Crippen LogP contribution in [0.5, 0.6) is 0 Å². The summed E-state index contributed by atoms with van der Waals surface area (Å²) in [5, 5.41) is 8.57. The molecule has 0 bridgehead atoms. The maximum atomic E-state index is 10.4. The summed E-state index contributed by atoms with van der Waals surface area (Å²) in [5.74, 6) is -0.279. The number of fused-ring (bicyclic) bond motifs is 1. The number of ether oxygens (including phenoxy) is 2. The number of hydrogen-bond donors (Lipinski definition) is 1. The van der Waals surface area contributed by atoms with Gasteiger partial charge in [0.25, 0.3) is 0 Å². The average molecular weight is 264 g/mol. The lowest BCUT2D eigenvalue weighted by molar-refractivity contribution is -0.142. The monoisotopic (exact) mass is 264 g/mol. The first-order chi connectivity index (χ1) is 9.22. The molecule has 0 amide bonds. The topological polar surface area (TPSA) is 73.6 Å². The highest BCUT2D eigenvalue weighted by molar-refractivity contribution is 5.75. The van der Waals surface area contributed by atoms with Gasteiger partial charge in [-0.15, -0.1) is 0 Å². The zero-order chi connectivity index (χ0) is 13.7. The smallest absolute Gasteiger partial charge is 0.329 e. The Kier molecular flexibility index (Phi) is 4.48. The van der Waals surface area contributed by atoms with Gasteiger partial charge in [0.05, 0.1) is 17.6 Å².